The molecule has 1 N–H and O–H groups in total. The Balaban J connectivity index is 1.42. The van der Waals surface area contributed by atoms with Crippen molar-refractivity contribution in [3.05, 3.63) is 47.6 Å². The van der Waals surface area contributed by atoms with Crippen molar-refractivity contribution in [2.45, 2.75) is 19.1 Å². The van der Waals surface area contributed by atoms with E-state index in [4.69, 9.17) is 31.0 Å². The Morgan fingerprint density at radius 1 is 1.14 bits per heavy atom. The molecule has 2 atom stereocenters. The number of likely N-dealkylation sites (tertiary alicyclic amines) is 1. The Kier molecular flexibility index (Phi) is 7.64. The molecule has 2 aliphatic rings. The Morgan fingerprint density at radius 2 is 1.90 bits per heavy atom. The molecule has 0 spiro atoms. The molecule has 5 heterocycles. The molecule has 0 aliphatic carbocycles. The fraction of sp³-hybridized carbons (Fsp3) is 0.393. The van der Waals surface area contributed by atoms with Gasteiger partial charge in [-0.15, -0.1) is 0 Å². The molecule has 3 aromatic heterocycles. The third-order valence-corrected chi connectivity index (χ3v) is 8.18. The number of aromatic nitrogens is 5. The highest BCUT2D eigenvalue weighted by Crippen LogP contribution is 2.37. The molecule has 0 bridgehead atoms. The first-order chi connectivity index (χ1) is 20.3. The first-order valence-electron chi connectivity index (χ1n) is 13.6. The molecule has 0 unspecified atom stereocenters. The van der Waals surface area contributed by atoms with E-state index in [0.717, 1.165) is 13.1 Å². The SMILES string of the molecule is C=C(F)C(=O)N1CCN(c2nc(O[C@@H]3CN(CC)C[C@H]3OC)nc3nc(-c4c(Cl)c(F)cc5[nH]ncc45)ccc23)CC1. The van der Waals surface area contributed by atoms with Gasteiger partial charge in [-0.2, -0.15) is 15.1 Å². The lowest BCUT2D eigenvalue weighted by molar-refractivity contribution is -0.128. The predicted octanol–water partition coefficient (Wildman–Crippen LogP) is 3.59. The van der Waals surface area contributed by atoms with Gasteiger partial charge in [0.25, 0.3) is 5.91 Å². The van der Waals surface area contributed by atoms with E-state index < -0.39 is 17.6 Å². The van der Waals surface area contributed by atoms with Crippen LogP contribution in [0.2, 0.25) is 5.02 Å². The van der Waals surface area contributed by atoms with Gasteiger partial charge in [-0.25, -0.2) is 13.8 Å². The van der Waals surface area contributed by atoms with Crippen molar-refractivity contribution in [1.82, 2.24) is 34.9 Å². The first-order valence-corrected chi connectivity index (χ1v) is 14.0. The van der Waals surface area contributed by atoms with E-state index >= 15 is 0 Å². The lowest BCUT2D eigenvalue weighted by Crippen LogP contribution is -2.49. The molecular formula is C28H29ClF2N8O3. The molecule has 2 saturated heterocycles. The number of nitrogens with one attached hydrogen (secondary N) is 1. The number of anilines is 1. The minimum Gasteiger partial charge on any atom is -0.456 e. The molecule has 2 aliphatic heterocycles. The van der Waals surface area contributed by atoms with Crippen LogP contribution in [-0.4, -0.2) is 106 Å². The van der Waals surface area contributed by atoms with Crippen molar-refractivity contribution in [3.8, 4) is 17.3 Å². The lowest BCUT2D eigenvalue weighted by Gasteiger charge is -2.35. The molecule has 0 radical (unpaired) electrons. The third kappa shape index (κ3) is 5.12. The molecule has 0 saturated carbocycles. The number of fused-ring (bicyclic) bond motifs is 2. The minimum atomic E-state index is -0.989. The van der Waals surface area contributed by atoms with Crippen LogP contribution in [-0.2, 0) is 9.53 Å². The van der Waals surface area contributed by atoms with Gasteiger partial charge >= 0.3 is 6.01 Å². The highest BCUT2D eigenvalue weighted by atomic mass is 35.5. The molecule has 1 amide bonds. The van der Waals surface area contributed by atoms with Crippen molar-refractivity contribution in [1.29, 1.82) is 0 Å². The number of nitrogens with zero attached hydrogens (tertiary/aromatic N) is 7. The number of ether oxygens (including phenoxy) is 2. The van der Waals surface area contributed by atoms with Crippen LogP contribution in [0.3, 0.4) is 0 Å². The number of carbonyl (C=O) groups is 1. The second kappa shape index (κ2) is 11.4. The van der Waals surface area contributed by atoms with Crippen molar-refractivity contribution in [2.24, 2.45) is 0 Å². The Morgan fingerprint density at radius 3 is 2.62 bits per heavy atom. The number of rotatable bonds is 7. The Bertz CT molecular complexity index is 1680. The third-order valence-electron chi connectivity index (χ3n) is 7.81. The smallest absolute Gasteiger partial charge is 0.320 e. The van der Waals surface area contributed by atoms with Gasteiger partial charge in [0, 0.05) is 63.4 Å². The van der Waals surface area contributed by atoms with Crippen LogP contribution in [0.15, 0.2) is 36.8 Å². The maximum atomic E-state index is 14.7. The number of piperazine rings is 1. The minimum absolute atomic E-state index is 0.0784. The second-order valence-corrected chi connectivity index (χ2v) is 10.6. The Hall–Kier alpha value is -3.94. The Labute approximate surface area is 245 Å². The summed E-state index contributed by atoms with van der Waals surface area (Å²) in [5.74, 6) is -1.76. The molecule has 14 heteroatoms. The molecule has 11 nitrogen and oxygen atoms in total. The summed E-state index contributed by atoms with van der Waals surface area (Å²) in [4.78, 5) is 32.0. The van der Waals surface area contributed by atoms with Gasteiger partial charge in [-0.3, -0.25) is 14.8 Å². The van der Waals surface area contributed by atoms with Gasteiger partial charge in [-0.1, -0.05) is 25.1 Å². The van der Waals surface area contributed by atoms with E-state index in [1.807, 2.05) is 4.90 Å². The van der Waals surface area contributed by atoms with Crippen LogP contribution in [0.1, 0.15) is 6.92 Å². The lowest BCUT2D eigenvalue weighted by atomic mass is 10.1. The number of hydrogen-bond acceptors (Lipinski definition) is 9. The average molecular weight is 599 g/mol. The number of hydrogen-bond donors (Lipinski definition) is 1. The van der Waals surface area contributed by atoms with Crippen molar-refractivity contribution >= 4 is 45.3 Å². The summed E-state index contributed by atoms with van der Waals surface area (Å²) in [6.45, 7) is 8.76. The molecule has 2 fully saturated rings. The van der Waals surface area contributed by atoms with E-state index in [1.165, 1.54) is 11.0 Å². The van der Waals surface area contributed by atoms with E-state index in [1.54, 1.807) is 25.4 Å². The fourth-order valence-electron chi connectivity index (χ4n) is 5.54. The van der Waals surface area contributed by atoms with Gasteiger partial charge in [0.2, 0.25) is 0 Å². The van der Waals surface area contributed by atoms with E-state index in [9.17, 15) is 13.6 Å². The molecule has 6 rings (SSSR count). The number of likely N-dealkylation sites (N-methyl/N-ethyl adjacent to an activating group) is 1. The number of halogens is 3. The summed E-state index contributed by atoms with van der Waals surface area (Å²) >= 11 is 6.43. The summed E-state index contributed by atoms with van der Waals surface area (Å²) in [6.07, 6.45) is 1.09. The van der Waals surface area contributed by atoms with E-state index in [0.29, 0.717) is 58.6 Å². The van der Waals surface area contributed by atoms with Gasteiger partial charge in [0.05, 0.1) is 27.8 Å². The highest BCUT2D eigenvalue weighted by Gasteiger charge is 2.35. The summed E-state index contributed by atoms with van der Waals surface area (Å²) in [5.41, 5.74) is 1.59. The number of methoxy groups -OCH3 is 1. The number of amides is 1. The summed E-state index contributed by atoms with van der Waals surface area (Å²) in [6, 6.07) is 4.93. The van der Waals surface area contributed by atoms with Crippen LogP contribution in [0.4, 0.5) is 14.6 Å². The van der Waals surface area contributed by atoms with E-state index in [-0.39, 0.29) is 36.3 Å². The molecule has 1 aromatic carbocycles. The monoisotopic (exact) mass is 598 g/mol. The van der Waals surface area contributed by atoms with Crippen molar-refractivity contribution in [3.63, 3.8) is 0 Å². The van der Waals surface area contributed by atoms with Crippen LogP contribution < -0.4 is 9.64 Å². The largest absolute Gasteiger partial charge is 0.456 e. The van der Waals surface area contributed by atoms with Gasteiger partial charge in [-0.05, 0) is 18.7 Å². The second-order valence-electron chi connectivity index (χ2n) is 10.2. The fourth-order valence-corrected chi connectivity index (χ4v) is 5.79. The number of H-pyrrole nitrogens is 1. The summed E-state index contributed by atoms with van der Waals surface area (Å²) in [7, 11) is 1.65. The van der Waals surface area contributed by atoms with Crippen LogP contribution in [0.25, 0.3) is 33.2 Å². The summed E-state index contributed by atoms with van der Waals surface area (Å²) in [5, 5.41) is 7.97. The normalized spacial score (nSPS) is 19.6. The van der Waals surface area contributed by atoms with Gasteiger partial charge in [0.15, 0.2) is 11.5 Å². The maximum Gasteiger partial charge on any atom is 0.320 e. The molecule has 4 aromatic rings. The van der Waals surface area contributed by atoms with Gasteiger partial charge < -0.3 is 19.3 Å². The standard InChI is InChI=1S/C28H29ClF2N8O3/c1-4-37-13-21(41-3)22(14-37)42-28-34-25-16(26(35-28)38-7-9-39(10-8-38)27(40)15(2)30)5-6-19(33-25)23-17-12-32-36-20(17)11-18(31)24(23)29/h5-6,11-12,21-22H,2,4,7-10,13-14H2,1,3H3,(H,32,36)/t21-,22-/m1/s1. The van der Waals surface area contributed by atoms with Crippen molar-refractivity contribution < 1.29 is 23.0 Å². The quantitative estimate of drug-likeness (QED) is 0.319. The topological polar surface area (TPSA) is 113 Å². The zero-order valence-electron chi connectivity index (χ0n) is 23.1. The predicted molar refractivity (Wildman–Crippen MR) is 154 cm³/mol. The van der Waals surface area contributed by atoms with Gasteiger partial charge in [0.1, 0.15) is 23.8 Å². The maximum absolute atomic E-state index is 14.7. The molecular weight excluding hydrogens is 570 g/mol. The first kappa shape index (κ1) is 28.2. The number of carbonyl (C=O) groups excluding carboxylic acids is 1. The summed E-state index contributed by atoms with van der Waals surface area (Å²) < 4.78 is 40.2. The van der Waals surface area contributed by atoms with Crippen LogP contribution >= 0.6 is 11.6 Å². The number of pyridine rings is 1. The average Bonchev–Trinajstić information content (AvgIpc) is 3.63. The zero-order chi connectivity index (χ0) is 29.5. The van der Waals surface area contributed by atoms with Crippen LogP contribution in [0, 0.1) is 5.82 Å². The van der Waals surface area contributed by atoms with Crippen molar-refractivity contribution in [2.75, 3.05) is 57.8 Å². The molecule has 220 valence electrons. The number of benzene rings is 1. The highest BCUT2D eigenvalue weighted by molar-refractivity contribution is 6.35. The van der Waals surface area contributed by atoms with E-state index in [2.05, 4.69) is 33.6 Å². The zero-order valence-corrected chi connectivity index (χ0v) is 23.9. The number of aromatic amines is 1. The van der Waals surface area contributed by atoms with Crippen LogP contribution in [0.5, 0.6) is 6.01 Å². The molecule has 42 heavy (non-hydrogen) atoms.